The standard InChI is InChI=1S/C12H16N2O4/c13-11(17)14-7-8-9(15)6-12(18-10(8)16)4-2-1-3-5-12/h7,15H,1-6H2,(H2,13,17)/b14-7+. The minimum absolute atomic E-state index is 0.0712. The lowest BCUT2D eigenvalue weighted by molar-refractivity contribution is -0.161. The molecule has 6 nitrogen and oxygen atoms in total. The van der Waals surface area contributed by atoms with Crippen molar-refractivity contribution in [3.8, 4) is 0 Å². The number of aliphatic hydroxyl groups is 1. The van der Waals surface area contributed by atoms with Gasteiger partial charge in [-0.25, -0.2) is 14.6 Å². The predicted octanol–water partition coefficient (Wildman–Crippen LogP) is 1.60. The van der Waals surface area contributed by atoms with E-state index in [0.29, 0.717) is 6.42 Å². The second-order valence-corrected chi connectivity index (χ2v) is 4.77. The molecule has 1 spiro atoms. The predicted molar refractivity (Wildman–Crippen MR) is 64.3 cm³/mol. The van der Waals surface area contributed by atoms with E-state index in [1.54, 1.807) is 0 Å². The molecular weight excluding hydrogens is 236 g/mol. The number of hydrogen-bond donors (Lipinski definition) is 2. The molecule has 0 aromatic rings. The van der Waals surface area contributed by atoms with E-state index in [1.165, 1.54) is 0 Å². The van der Waals surface area contributed by atoms with E-state index in [-0.39, 0.29) is 11.3 Å². The van der Waals surface area contributed by atoms with Crippen LogP contribution in [0.25, 0.3) is 0 Å². The highest BCUT2D eigenvalue weighted by molar-refractivity contribution is 6.12. The maximum Gasteiger partial charge on any atom is 0.343 e. The molecule has 2 aliphatic rings. The van der Waals surface area contributed by atoms with Gasteiger partial charge in [0, 0.05) is 6.42 Å². The molecule has 1 aliphatic heterocycles. The zero-order chi connectivity index (χ0) is 13.2. The number of primary amides is 1. The Morgan fingerprint density at radius 1 is 1.39 bits per heavy atom. The highest BCUT2D eigenvalue weighted by Gasteiger charge is 2.42. The van der Waals surface area contributed by atoms with Crippen LogP contribution in [0.2, 0.25) is 0 Å². The van der Waals surface area contributed by atoms with Gasteiger partial charge in [-0.15, -0.1) is 0 Å². The first-order valence-corrected chi connectivity index (χ1v) is 6.01. The number of amides is 2. The van der Waals surface area contributed by atoms with Crippen molar-refractivity contribution in [3.63, 3.8) is 0 Å². The summed E-state index contributed by atoms with van der Waals surface area (Å²) in [5.74, 6) is -0.705. The molecule has 2 rings (SSSR count). The van der Waals surface area contributed by atoms with Crippen LogP contribution in [0.3, 0.4) is 0 Å². The fraction of sp³-hybridized carbons (Fsp3) is 0.583. The van der Waals surface area contributed by atoms with Gasteiger partial charge in [-0.05, 0) is 25.7 Å². The lowest BCUT2D eigenvalue weighted by Crippen LogP contribution is -2.42. The minimum Gasteiger partial charge on any atom is -0.511 e. The number of esters is 1. The highest BCUT2D eigenvalue weighted by Crippen LogP contribution is 2.39. The maximum absolute atomic E-state index is 11.8. The monoisotopic (exact) mass is 252 g/mol. The van der Waals surface area contributed by atoms with Crippen LogP contribution in [0.5, 0.6) is 0 Å². The average Bonchev–Trinajstić information content (AvgIpc) is 2.28. The fourth-order valence-electron chi connectivity index (χ4n) is 2.54. The first-order chi connectivity index (χ1) is 8.52. The Hall–Kier alpha value is -1.85. The molecule has 0 aromatic heterocycles. The largest absolute Gasteiger partial charge is 0.511 e. The van der Waals surface area contributed by atoms with Gasteiger partial charge in [0.1, 0.15) is 16.9 Å². The van der Waals surface area contributed by atoms with Gasteiger partial charge in [0.05, 0.1) is 6.21 Å². The van der Waals surface area contributed by atoms with Crippen molar-refractivity contribution in [1.29, 1.82) is 0 Å². The summed E-state index contributed by atoms with van der Waals surface area (Å²) >= 11 is 0. The smallest absolute Gasteiger partial charge is 0.343 e. The number of rotatable bonds is 1. The number of hydrogen-bond acceptors (Lipinski definition) is 4. The molecule has 3 N–H and O–H groups in total. The fourth-order valence-corrected chi connectivity index (χ4v) is 2.54. The van der Waals surface area contributed by atoms with E-state index in [2.05, 4.69) is 4.99 Å². The molecule has 2 amide bonds. The molecule has 0 unspecified atom stereocenters. The van der Waals surface area contributed by atoms with Crippen molar-refractivity contribution >= 4 is 18.2 Å². The van der Waals surface area contributed by atoms with Crippen molar-refractivity contribution in [2.45, 2.75) is 44.1 Å². The van der Waals surface area contributed by atoms with Crippen LogP contribution in [-0.2, 0) is 9.53 Å². The van der Waals surface area contributed by atoms with Gasteiger partial charge in [-0.2, -0.15) is 0 Å². The zero-order valence-corrected chi connectivity index (χ0v) is 10.0. The highest BCUT2D eigenvalue weighted by atomic mass is 16.6. The van der Waals surface area contributed by atoms with Gasteiger partial charge < -0.3 is 15.6 Å². The molecule has 1 aliphatic carbocycles. The topological polar surface area (TPSA) is 102 Å². The summed E-state index contributed by atoms with van der Waals surface area (Å²) in [6.45, 7) is 0. The number of carbonyl (C=O) groups excluding carboxylic acids is 2. The van der Waals surface area contributed by atoms with Gasteiger partial charge in [-0.1, -0.05) is 6.42 Å². The van der Waals surface area contributed by atoms with Crippen molar-refractivity contribution in [1.82, 2.24) is 0 Å². The molecule has 98 valence electrons. The second kappa shape index (κ2) is 4.80. The zero-order valence-electron chi connectivity index (χ0n) is 10.0. The Labute approximate surface area is 105 Å². The molecule has 0 radical (unpaired) electrons. The van der Waals surface area contributed by atoms with Crippen LogP contribution in [0, 0.1) is 0 Å². The van der Waals surface area contributed by atoms with Gasteiger partial charge in [0.2, 0.25) is 0 Å². The minimum atomic E-state index is -0.916. The van der Waals surface area contributed by atoms with Crippen LogP contribution < -0.4 is 5.73 Å². The number of nitrogens with zero attached hydrogens (tertiary/aromatic N) is 1. The van der Waals surface area contributed by atoms with Crippen molar-refractivity contribution in [3.05, 3.63) is 11.3 Å². The lowest BCUT2D eigenvalue weighted by Gasteiger charge is -2.39. The van der Waals surface area contributed by atoms with Crippen LogP contribution in [0.15, 0.2) is 16.3 Å². The van der Waals surface area contributed by atoms with Gasteiger partial charge in [0.15, 0.2) is 0 Å². The van der Waals surface area contributed by atoms with E-state index in [1.807, 2.05) is 0 Å². The first kappa shape index (κ1) is 12.6. The molecule has 1 heterocycles. The van der Waals surface area contributed by atoms with Gasteiger partial charge in [-0.3, -0.25) is 0 Å². The summed E-state index contributed by atoms with van der Waals surface area (Å²) in [6, 6.07) is -0.916. The van der Waals surface area contributed by atoms with E-state index < -0.39 is 17.6 Å². The molecule has 0 saturated heterocycles. The van der Waals surface area contributed by atoms with Crippen molar-refractivity contribution < 1.29 is 19.4 Å². The number of aliphatic hydroxyl groups excluding tert-OH is 1. The lowest BCUT2D eigenvalue weighted by atomic mass is 9.80. The molecule has 1 saturated carbocycles. The third-order valence-corrected chi connectivity index (χ3v) is 3.42. The summed E-state index contributed by atoms with van der Waals surface area (Å²) in [5.41, 5.74) is 4.20. The first-order valence-electron chi connectivity index (χ1n) is 6.01. The number of aliphatic imine (C=N–C) groups is 1. The van der Waals surface area contributed by atoms with E-state index >= 15 is 0 Å². The molecule has 1 fully saturated rings. The summed E-state index contributed by atoms with van der Waals surface area (Å²) in [6.07, 6.45) is 5.90. The van der Waals surface area contributed by atoms with Crippen molar-refractivity contribution in [2.75, 3.05) is 0 Å². The number of ether oxygens (including phenoxy) is 1. The molecule has 0 atom stereocenters. The molecule has 0 bridgehead atoms. The van der Waals surface area contributed by atoms with Crippen molar-refractivity contribution in [2.24, 2.45) is 10.7 Å². The number of nitrogens with two attached hydrogens (primary N) is 1. The van der Waals surface area contributed by atoms with E-state index in [9.17, 15) is 14.7 Å². The van der Waals surface area contributed by atoms with Gasteiger partial charge in [0.25, 0.3) is 0 Å². The molecule has 6 heteroatoms. The van der Waals surface area contributed by atoms with E-state index in [4.69, 9.17) is 10.5 Å². The Kier molecular flexibility index (Phi) is 3.36. The molecule has 0 aromatic carbocycles. The Morgan fingerprint density at radius 3 is 2.61 bits per heavy atom. The van der Waals surface area contributed by atoms with Crippen LogP contribution in [0.4, 0.5) is 4.79 Å². The third-order valence-electron chi connectivity index (χ3n) is 3.42. The summed E-state index contributed by atoms with van der Waals surface area (Å²) in [4.78, 5) is 25.6. The summed E-state index contributed by atoms with van der Waals surface area (Å²) in [5, 5.41) is 9.91. The summed E-state index contributed by atoms with van der Waals surface area (Å²) in [7, 11) is 0. The maximum atomic E-state index is 11.8. The number of carbonyl (C=O) groups is 2. The Morgan fingerprint density at radius 2 is 2.06 bits per heavy atom. The Bertz CT molecular complexity index is 433. The second-order valence-electron chi connectivity index (χ2n) is 4.77. The average molecular weight is 252 g/mol. The summed E-state index contributed by atoms with van der Waals surface area (Å²) < 4.78 is 5.43. The van der Waals surface area contributed by atoms with Gasteiger partial charge >= 0.3 is 12.0 Å². The normalized spacial score (nSPS) is 23.4. The van der Waals surface area contributed by atoms with E-state index in [0.717, 1.165) is 38.3 Å². The van der Waals surface area contributed by atoms with Crippen LogP contribution in [0.1, 0.15) is 38.5 Å². The SMILES string of the molecule is NC(=O)/N=C/C1=C(O)CC2(CCCCC2)OC1=O. The third kappa shape index (κ3) is 2.52. The quantitative estimate of drug-likeness (QED) is 0.546. The van der Waals surface area contributed by atoms with Crippen LogP contribution >= 0.6 is 0 Å². The van der Waals surface area contributed by atoms with Crippen LogP contribution in [-0.4, -0.2) is 28.9 Å². The number of urea groups is 1. The Balaban J connectivity index is 2.20. The molecule has 18 heavy (non-hydrogen) atoms. The molecular formula is C12H16N2O4.